The van der Waals surface area contributed by atoms with E-state index < -0.39 is 29.9 Å². The van der Waals surface area contributed by atoms with E-state index in [0.717, 1.165) is 12.0 Å². The van der Waals surface area contributed by atoms with Gasteiger partial charge in [0.2, 0.25) is 11.8 Å². The Morgan fingerprint density at radius 2 is 1.87 bits per heavy atom. The first kappa shape index (κ1) is 24.8. The summed E-state index contributed by atoms with van der Waals surface area (Å²) in [4.78, 5) is 38.9. The molecule has 31 heavy (non-hydrogen) atoms. The highest BCUT2D eigenvalue weighted by Gasteiger charge is 2.41. The van der Waals surface area contributed by atoms with Crippen LogP contribution in [0.3, 0.4) is 0 Å². The monoisotopic (exact) mass is 435 g/mol. The van der Waals surface area contributed by atoms with Crippen LogP contribution in [0.2, 0.25) is 0 Å². The van der Waals surface area contributed by atoms with Crippen molar-refractivity contribution in [1.29, 1.82) is 0 Å². The van der Waals surface area contributed by atoms with E-state index in [1.807, 2.05) is 31.2 Å². The predicted molar refractivity (Wildman–Crippen MR) is 116 cm³/mol. The fourth-order valence-corrected chi connectivity index (χ4v) is 3.86. The molecule has 1 unspecified atom stereocenters. The molecule has 2 rings (SSSR count). The largest absolute Gasteiger partial charge is 0.330 e. The zero-order chi connectivity index (χ0) is 23.2. The van der Waals surface area contributed by atoms with Crippen molar-refractivity contribution in [1.82, 2.24) is 10.4 Å². The molecule has 172 valence electrons. The van der Waals surface area contributed by atoms with Crippen molar-refractivity contribution < 1.29 is 24.0 Å². The molecular weight excluding hydrogens is 401 g/mol. The van der Waals surface area contributed by atoms with Gasteiger partial charge in [0.1, 0.15) is 6.04 Å². The minimum atomic E-state index is -2.17. The molecule has 1 saturated heterocycles. The average molecular weight is 436 g/mol. The number of hydroxylamine groups is 1. The Balaban J connectivity index is 2.13. The van der Waals surface area contributed by atoms with Gasteiger partial charge < -0.3 is 10.2 Å². The van der Waals surface area contributed by atoms with Crippen molar-refractivity contribution in [2.24, 2.45) is 5.92 Å². The van der Waals surface area contributed by atoms with Gasteiger partial charge >= 0.3 is 0 Å². The Kier molecular flexibility index (Phi) is 8.56. The molecule has 0 aromatic heterocycles. The summed E-state index contributed by atoms with van der Waals surface area (Å²) in [6, 6.07) is 6.84. The maximum atomic E-state index is 14.6. The third-order valence-corrected chi connectivity index (χ3v) is 5.76. The number of likely N-dealkylation sites (tertiary alicyclic amines) is 1. The van der Waals surface area contributed by atoms with Crippen LogP contribution < -0.4 is 10.8 Å². The number of hydrogen-bond donors (Lipinski definition) is 3. The molecular formula is C23H34FN3O4. The molecule has 8 heteroatoms. The smallest absolute Gasteiger partial charge is 0.278 e. The number of unbranched alkanes of at least 4 members (excludes halogenated alkanes) is 1. The van der Waals surface area contributed by atoms with Gasteiger partial charge in [-0.25, -0.2) is 9.87 Å². The quantitative estimate of drug-likeness (QED) is 0.429. The molecule has 1 fully saturated rings. The maximum absolute atomic E-state index is 14.6. The van der Waals surface area contributed by atoms with Crippen LogP contribution in [-0.2, 0) is 19.8 Å². The van der Waals surface area contributed by atoms with Crippen molar-refractivity contribution in [2.75, 3.05) is 11.9 Å². The maximum Gasteiger partial charge on any atom is 0.278 e. The van der Waals surface area contributed by atoms with Crippen LogP contribution >= 0.6 is 0 Å². The minimum absolute atomic E-state index is 0.00548. The molecule has 1 aromatic rings. The van der Waals surface area contributed by atoms with Crippen LogP contribution in [-0.4, -0.2) is 46.6 Å². The van der Waals surface area contributed by atoms with Crippen LogP contribution in [0.4, 0.5) is 10.1 Å². The third kappa shape index (κ3) is 6.26. The molecule has 1 heterocycles. The summed E-state index contributed by atoms with van der Waals surface area (Å²) >= 11 is 0. The molecule has 0 radical (unpaired) electrons. The second-order valence-electron chi connectivity index (χ2n) is 9.13. The van der Waals surface area contributed by atoms with Gasteiger partial charge in [0, 0.05) is 12.2 Å². The van der Waals surface area contributed by atoms with Crippen molar-refractivity contribution >= 4 is 23.4 Å². The minimum Gasteiger partial charge on any atom is -0.330 e. The van der Waals surface area contributed by atoms with E-state index in [1.165, 1.54) is 10.4 Å². The Morgan fingerprint density at radius 1 is 1.23 bits per heavy atom. The summed E-state index contributed by atoms with van der Waals surface area (Å²) in [7, 11) is 0. The van der Waals surface area contributed by atoms with Gasteiger partial charge in [0.25, 0.3) is 5.91 Å². The lowest BCUT2D eigenvalue weighted by molar-refractivity contribution is -0.148. The van der Waals surface area contributed by atoms with Gasteiger partial charge in [-0.1, -0.05) is 52.7 Å². The van der Waals surface area contributed by atoms with Gasteiger partial charge in [0.15, 0.2) is 6.17 Å². The van der Waals surface area contributed by atoms with Crippen molar-refractivity contribution in [3.8, 4) is 0 Å². The second-order valence-corrected chi connectivity index (χ2v) is 9.13. The van der Waals surface area contributed by atoms with Gasteiger partial charge in [-0.2, -0.15) is 0 Å². The van der Waals surface area contributed by atoms with E-state index in [9.17, 15) is 18.8 Å². The zero-order valence-electron chi connectivity index (χ0n) is 18.8. The highest BCUT2D eigenvalue weighted by Crippen LogP contribution is 2.27. The van der Waals surface area contributed by atoms with Crippen LogP contribution in [0, 0.1) is 5.92 Å². The topological polar surface area (TPSA) is 98.7 Å². The molecule has 3 amide bonds. The van der Waals surface area contributed by atoms with E-state index in [0.29, 0.717) is 31.5 Å². The summed E-state index contributed by atoms with van der Waals surface area (Å²) in [5.41, 5.74) is 3.04. The summed E-state index contributed by atoms with van der Waals surface area (Å²) in [6.07, 6.45) is 0.380. The van der Waals surface area contributed by atoms with Gasteiger partial charge in [-0.15, -0.1) is 0 Å². The van der Waals surface area contributed by atoms with Crippen molar-refractivity contribution in [2.45, 2.75) is 77.4 Å². The number of nitrogens with one attached hydrogen (secondary N) is 2. The number of hydrogen-bond acceptors (Lipinski definition) is 4. The standard InChI is InChI=1S/C23H34FN3O4/c1-5-6-8-17(19(24)21(29)26-31)22(30)27-14-7-9-18(27)20(28)25-16-12-10-15(11-13-16)23(2,3)4/h10-13,17-19,31H,5-9,14H2,1-4H3,(H,25,28)(H,26,29)/t17-,18+,19?/m1/s1. The summed E-state index contributed by atoms with van der Waals surface area (Å²) in [5.74, 6) is -3.36. The molecule has 3 atom stereocenters. The van der Waals surface area contributed by atoms with E-state index in [4.69, 9.17) is 5.21 Å². The van der Waals surface area contributed by atoms with E-state index >= 15 is 0 Å². The number of anilines is 1. The lowest BCUT2D eigenvalue weighted by atomic mass is 9.87. The molecule has 3 N–H and O–H groups in total. The molecule has 0 saturated carbocycles. The first-order valence-electron chi connectivity index (χ1n) is 10.9. The first-order chi connectivity index (χ1) is 14.6. The zero-order valence-corrected chi connectivity index (χ0v) is 18.8. The summed E-state index contributed by atoms with van der Waals surface area (Å²) < 4.78 is 14.6. The number of halogens is 1. The molecule has 1 aromatic carbocycles. The average Bonchev–Trinajstić information content (AvgIpc) is 3.23. The summed E-state index contributed by atoms with van der Waals surface area (Å²) in [5, 5.41) is 11.6. The lowest BCUT2D eigenvalue weighted by Crippen LogP contribution is -2.49. The van der Waals surface area contributed by atoms with Crippen molar-refractivity contribution in [3.05, 3.63) is 29.8 Å². The molecule has 0 bridgehead atoms. The van der Waals surface area contributed by atoms with Crippen LogP contribution in [0.25, 0.3) is 0 Å². The fraction of sp³-hybridized carbons (Fsp3) is 0.609. The van der Waals surface area contributed by atoms with Gasteiger partial charge in [-0.05, 0) is 42.4 Å². The van der Waals surface area contributed by atoms with Crippen LogP contribution in [0.1, 0.15) is 65.4 Å². The molecule has 7 nitrogen and oxygen atoms in total. The Morgan fingerprint density at radius 3 is 2.42 bits per heavy atom. The predicted octanol–water partition coefficient (Wildman–Crippen LogP) is 3.56. The third-order valence-electron chi connectivity index (χ3n) is 5.76. The Labute approximate surface area is 183 Å². The van der Waals surface area contributed by atoms with Gasteiger partial charge in [-0.3, -0.25) is 19.6 Å². The molecule has 0 aliphatic carbocycles. The number of nitrogens with zero attached hydrogens (tertiary/aromatic N) is 1. The molecule has 1 aliphatic rings. The SMILES string of the molecule is CCCC[C@@H](C(=O)N1CCC[C@H]1C(=O)Nc1ccc(C(C)(C)C)cc1)C(F)C(=O)NO. The second kappa shape index (κ2) is 10.7. The fourth-order valence-electron chi connectivity index (χ4n) is 3.86. The highest BCUT2D eigenvalue weighted by molar-refractivity contribution is 5.98. The summed E-state index contributed by atoms with van der Waals surface area (Å²) in [6.45, 7) is 8.54. The van der Waals surface area contributed by atoms with Crippen LogP contribution in [0.15, 0.2) is 24.3 Å². The Bertz CT molecular complexity index is 776. The number of benzene rings is 1. The van der Waals surface area contributed by atoms with E-state index in [-0.39, 0.29) is 17.7 Å². The highest BCUT2D eigenvalue weighted by atomic mass is 19.1. The number of carbonyl (C=O) groups excluding carboxylic acids is 3. The molecule has 0 spiro atoms. The van der Waals surface area contributed by atoms with Crippen molar-refractivity contribution in [3.63, 3.8) is 0 Å². The first-order valence-corrected chi connectivity index (χ1v) is 10.9. The molecule has 1 aliphatic heterocycles. The number of carbonyl (C=O) groups is 3. The number of alkyl halides is 1. The number of amides is 3. The lowest BCUT2D eigenvalue weighted by Gasteiger charge is -2.29. The van der Waals surface area contributed by atoms with E-state index in [1.54, 1.807) is 0 Å². The Hall–Kier alpha value is -2.48. The number of rotatable bonds is 8. The normalized spacial score (nSPS) is 18.4. The van der Waals surface area contributed by atoms with Crippen LogP contribution in [0.5, 0.6) is 0 Å². The van der Waals surface area contributed by atoms with Gasteiger partial charge in [0.05, 0.1) is 5.92 Å². The van der Waals surface area contributed by atoms with E-state index in [2.05, 4.69) is 26.1 Å².